The Morgan fingerprint density at radius 2 is 1.36 bits per heavy atom. The van der Waals surface area contributed by atoms with Crippen LogP contribution in [0.15, 0.2) is 104 Å². The summed E-state index contributed by atoms with van der Waals surface area (Å²) in [6, 6.07) is 31.7. The summed E-state index contributed by atoms with van der Waals surface area (Å²) < 4.78 is 0. The number of rotatable bonds is 4. The van der Waals surface area contributed by atoms with Crippen LogP contribution in [0.4, 0.5) is 0 Å². The predicted molar refractivity (Wildman–Crippen MR) is 125 cm³/mol. The second kappa shape index (κ2) is 9.53. The van der Waals surface area contributed by atoms with E-state index >= 15 is 0 Å². The summed E-state index contributed by atoms with van der Waals surface area (Å²) in [4.78, 5) is 0. The molecule has 4 rings (SSSR count). The van der Waals surface area contributed by atoms with Crippen molar-refractivity contribution >= 4 is 22.9 Å². The van der Waals surface area contributed by atoms with Gasteiger partial charge in [0, 0.05) is 0 Å². The molecule has 0 heterocycles. The average molecular weight is 363 g/mol. The van der Waals surface area contributed by atoms with E-state index in [1.54, 1.807) is 0 Å². The van der Waals surface area contributed by atoms with Crippen molar-refractivity contribution in [1.29, 1.82) is 0 Å². The molecule has 0 unspecified atom stereocenters. The molecule has 0 saturated heterocycles. The molecule has 0 aliphatic rings. The van der Waals surface area contributed by atoms with Crippen molar-refractivity contribution in [2.24, 2.45) is 0 Å². The monoisotopic (exact) mass is 362 g/mol. The van der Waals surface area contributed by atoms with Gasteiger partial charge in [0.2, 0.25) is 0 Å². The fraction of sp³-hybridized carbons (Fsp3) is 0.0714. The molecule has 0 radical (unpaired) electrons. The van der Waals surface area contributed by atoms with Crippen molar-refractivity contribution in [1.82, 2.24) is 0 Å². The number of aryl methyl sites for hydroxylation is 1. The summed E-state index contributed by atoms with van der Waals surface area (Å²) in [5.74, 6) is 0. The summed E-state index contributed by atoms with van der Waals surface area (Å²) in [6.07, 6.45) is 4.77. The third kappa shape index (κ3) is 4.86. The van der Waals surface area contributed by atoms with Gasteiger partial charge in [-0.2, -0.15) is 0 Å². The van der Waals surface area contributed by atoms with Crippen LogP contribution in [0, 0.1) is 6.92 Å². The van der Waals surface area contributed by atoms with Crippen LogP contribution in [-0.4, -0.2) is 0 Å². The minimum absolute atomic E-state index is 1.00. The van der Waals surface area contributed by atoms with Gasteiger partial charge in [-0.3, -0.25) is 0 Å². The van der Waals surface area contributed by atoms with Gasteiger partial charge in [0.1, 0.15) is 0 Å². The average Bonchev–Trinajstić information content (AvgIpc) is 2.76. The second-order valence-electron chi connectivity index (χ2n) is 6.82. The largest absolute Gasteiger partial charge is 0.0985 e. The maximum atomic E-state index is 3.78. The Bertz CT molecular complexity index is 1060. The normalized spacial score (nSPS) is 10.0. The molecular formula is C28H26. The molecule has 0 fully saturated rings. The van der Waals surface area contributed by atoms with Crippen LogP contribution in [0.1, 0.15) is 27.8 Å². The summed E-state index contributed by atoms with van der Waals surface area (Å²) in [5.41, 5.74) is 6.48. The van der Waals surface area contributed by atoms with Crippen LogP contribution in [0.2, 0.25) is 0 Å². The highest BCUT2D eigenvalue weighted by Crippen LogP contribution is 2.18. The third-order valence-electron chi connectivity index (χ3n) is 4.91. The molecule has 0 nitrogen and oxygen atoms in total. The van der Waals surface area contributed by atoms with E-state index < -0.39 is 0 Å². The molecule has 0 aliphatic heterocycles. The summed E-state index contributed by atoms with van der Waals surface area (Å²) in [7, 11) is 0. The van der Waals surface area contributed by atoms with Gasteiger partial charge in [0.05, 0.1) is 0 Å². The molecule has 0 aliphatic carbocycles. The lowest BCUT2D eigenvalue weighted by molar-refractivity contribution is 1.16. The Morgan fingerprint density at radius 3 is 2.07 bits per heavy atom. The molecule has 28 heavy (non-hydrogen) atoms. The minimum Gasteiger partial charge on any atom is -0.0985 e. The van der Waals surface area contributed by atoms with Crippen LogP contribution in [0.25, 0.3) is 22.9 Å². The Balaban J connectivity index is 0.000000167. The van der Waals surface area contributed by atoms with Gasteiger partial charge in [-0.25, -0.2) is 0 Å². The van der Waals surface area contributed by atoms with E-state index in [1.807, 2.05) is 12.2 Å². The van der Waals surface area contributed by atoms with Crippen molar-refractivity contribution in [3.63, 3.8) is 0 Å². The SMILES string of the molecule is C=Cc1ccc(Cc2ccccc2C)cc1.C=Cc1cccc2ccccc12. The molecule has 0 amide bonds. The van der Waals surface area contributed by atoms with Crippen molar-refractivity contribution in [3.05, 3.63) is 132 Å². The first-order chi connectivity index (χ1) is 13.7. The molecule has 0 aromatic heterocycles. The van der Waals surface area contributed by atoms with E-state index in [0.717, 1.165) is 6.42 Å². The molecule has 138 valence electrons. The lowest BCUT2D eigenvalue weighted by Gasteiger charge is -2.05. The van der Waals surface area contributed by atoms with Crippen LogP contribution >= 0.6 is 0 Å². The zero-order valence-corrected chi connectivity index (χ0v) is 16.4. The van der Waals surface area contributed by atoms with E-state index in [0.29, 0.717) is 0 Å². The second-order valence-corrected chi connectivity index (χ2v) is 6.82. The lowest BCUT2D eigenvalue weighted by Crippen LogP contribution is -1.91. The van der Waals surface area contributed by atoms with Gasteiger partial charge in [-0.1, -0.05) is 116 Å². The quantitative estimate of drug-likeness (QED) is 0.349. The van der Waals surface area contributed by atoms with Crippen LogP contribution in [-0.2, 0) is 6.42 Å². The Hall–Kier alpha value is -3.38. The fourth-order valence-electron chi connectivity index (χ4n) is 3.23. The zero-order chi connectivity index (χ0) is 19.8. The minimum atomic E-state index is 1.00. The number of hydrogen-bond acceptors (Lipinski definition) is 0. The molecule has 4 aromatic rings. The number of benzene rings is 4. The summed E-state index contributed by atoms with van der Waals surface area (Å²) >= 11 is 0. The van der Waals surface area contributed by atoms with Gasteiger partial charge >= 0.3 is 0 Å². The van der Waals surface area contributed by atoms with Gasteiger partial charge < -0.3 is 0 Å². The Kier molecular flexibility index (Phi) is 6.59. The van der Waals surface area contributed by atoms with Crippen molar-refractivity contribution in [3.8, 4) is 0 Å². The van der Waals surface area contributed by atoms with Gasteiger partial charge in [-0.15, -0.1) is 0 Å². The smallest absolute Gasteiger partial charge is 0.00231 e. The van der Waals surface area contributed by atoms with E-state index in [9.17, 15) is 0 Å². The molecule has 0 saturated carbocycles. The maximum absolute atomic E-state index is 3.78. The van der Waals surface area contributed by atoms with E-state index in [4.69, 9.17) is 0 Å². The summed E-state index contributed by atoms with van der Waals surface area (Å²) in [6.45, 7) is 9.70. The van der Waals surface area contributed by atoms with Crippen molar-refractivity contribution in [2.45, 2.75) is 13.3 Å². The van der Waals surface area contributed by atoms with Crippen molar-refractivity contribution in [2.75, 3.05) is 0 Å². The third-order valence-corrected chi connectivity index (χ3v) is 4.91. The standard InChI is InChI=1S/C16H16.C12H10/c1-3-14-8-10-15(11-9-14)12-16-7-5-4-6-13(16)2;1-2-10-7-5-8-11-6-3-4-9-12(10)11/h3-11H,1,12H2,2H3;2-9H,1H2. The molecule has 0 N–H and O–H groups in total. The van der Waals surface area contributed by atoms with Gasteiger partial charge in [0.15, 0.2) is 0 Å². The molecule has 0 spiro atoms. The van der Waals surface area contributed by atoms with Gasteiger partial charge in [0.25, 0.3) is 0 Å². The molecule has 0 atom stereocenters. The van der Waals surface area contributed by atoms with E-state index in [2.05, 4.69) is 111 Å². The predicted octanol–water partition coefficient (Wildman–Crippen LogP) is 7.71. The highest BCUT2D eigenvalue weighted by Gasteiger charge is 1.99. The highest BCUT2D eigenvalue weighted by atomic mass is 14.0. The summed E-state index contributed by atoms with van der Waals surface area (Å²) in [5, 5.41) is 2.55. The Morgan fingerprint density at radius 1 is 0.679 bits per heavy atom. The first-order valence-electron chi connectivity index (χ1n) is 9.57. The topological polar surface area (TPSA) is 0 Å². The molecule has 0 heteroatoms. The Labute approximate surface area is 168 Å². The maximum Gasteiger partial charge on any atom is -0.00231 e. The number of hydrogen-bond donors (Lipinski definition) is 0. The van der Waals surface area contributed by atoms with Crippen LogP contribution < -0.4 is 0 Å². The zero-order valence-electron chi connectivity index (χ0n) is 16.4. The molecular weight excluding hydrogens is 336 g/mol. The van der Waals surface area contributed by atoms with E-state index in [1.165, 1.54) is 38.6 Å². The molecule has 4 aromatic carbocycles. The molecule has 0 bridgehead atoms. The van der Waals surface area contributed by atoms with Crippen LogP contribution in [0.5, 0.6) is 0 Å². The van der Waals surface area contributed by atoms with Crippen molar-refractivity contribution < 1.29 is 0 Å². The van der Waals surface area contributed by atoms with E-state index in [-0.39, 0.29) is 0 Å². The van der Waals surface area contributed by atoms with Crippen LogP contribution in [0.3, 0.4) is 0 Å². The first kappa shape index (κ1) is 19.4. The van der Waals surface area contributed by atoms with Gasteiger partial charge in [-0.05, 0) is 51.9 Å². The lowest BCUT2D eigenvalue weighted by atomic mass is 10.00. The number of fused-ring (bicyclic) bond motifs is 1. The highest BCUT2D eigenvalue weighted by molar-refractivity contribution is 5.90. The first-order valence-corrected chi connectivity index (χ1v) is 9.57. The fourth-order valence-corrected chi connectivity index (χ4v) is 3.23.